The number of halogens is 2. The van der Waals surface area contributed by atoms with Gasteiger partial charge in [-0.15, -0.1) is 0 Å². The van der Waals surface area contributed by atoms with Crippen LogP contribution in [0.15, 0.2) is 47.4 Å². The van der Waals surface area contributed by atoms with Crippen molar-refractivity contribution in [1.29, 1.82) is 0 Å². The van der Waals surface area contributed by atoms with Crippen LogP contribution in [0.4, 0.5) is 5.69 Å². The van der Waals surface area contributed by atoms with Crippen molar-refractivity contribution in [3.63, 3.8) is 0 Å². The van der Waals surface area contributed by atoms with Crippen LogP contribution in [0.25, 0.3) is 0 Å². The van der Waals surface area contributed by atoms with Gasteiger partial charge in [-0.25, -0.2) is 13.1 Å². The van der Waals surface area contributed by atoms with Gasteiger partial charge in [0, 0.05) is 17.1 Å². The van der Waals surface area contributed by atoms with Crippen LogP contribution < -0.4 is 4.72 Å². The van der Waals surface area contributed by atoms with Crippen molar-refractivity contribution in [2.75, 3.05) is 0 Å². The van der Waals surface area contributed by atoms with Gasteiger partial charge in [-0.1, -0.05) is 42.3 Å². The van der Waals surface area contributed by atoms with E-state index in [2.05, 4.69) is 4.72 Å². The summed E-state index contributed by atoms with van der Waals surface area (Å²) in [4.78, 5) is 9.99. The Morgan fingerprint density at radius 2 is 1.79 bits per heavy atom. The Balaban J connectivity index is 2.34. The van der Waals surface area contributed by atoms with Gasteiger partial charge < -0.3 is 0 Å². The summed E-state index contributed by atoms with van der Waals surface area (Å²) < 4.78 is 27.6. The highest BCUT2D eigenvalue weighted by Gasteiger charge is 2.23. The third-order valence-electron chi connectivity index (χ3n) is 3.40. The lowest BCUT2D eigenvalue weighted by atomic mass is 10.1. The highest BCUT2D eigenvalue weighted by Crippen LogP contribution is 2.28. The predicted octanol–water partition coefficient (Wildman–Crippen LogP) is 4.33. The normalized spacial score (nSPS) is 12.8. The maximum Gasteiger partial charge on any atom is 0.289 e. The van der Waals surface area contributed by atoms with Crippen LogP contribution in [-0.4, -0.2) is 13.3 Å². The smallest absolute Gasteiger partial charge is 0.258 e. The van der Waals surface area contributed by atoms with Crippen LogP contribution in [-0.2, 0) is 10.0 Å². The summed E-state index contributed by atoms with van der Waals surface area (Å²) in [5.41, 5.74) is 0.285. The largest absolute Gasteiger partial charge is 0.289 e. The molecule has 9 heteroatoms. The number of nitrogens with one attached hydrogen (secondary N) is 1. The molecule has 0 saturated heterocycles. The molecular weight excluding hydrogens is 375 g/mol. The van der Waals surface area contributed by atoms with Crippen molar-refractivity contribution < 1.29 is 13.3 Å². The van der Waals surface area contributed by atoms with Crippen molar-refractivity contribution in [2.45, 2.75) is 24.3 Å². The third-order valence-corrected chi connectivity index (χ3v) is 5.44. The van der Waals surface area contributed by atoms with E-state index >= 15 is 0 Å². The average Bonchev–Trinajstić information content (AvgIpc) is 2.53. The lowest BCUT2D eigenvalue weighted by Crippen LogP contribution is -2.28. The molecule has 0 saturated carbocycles. The molecule has 0 spiro atoms. The molecule has 2 aromatic carbocycles. The molecule has 1 unspecified atom stereocenters. The molecule has 0 aliphatic rings. The van der Waals surface area contributed by atoms with E-state index in [-0.39, 0.29) is 9.92 Å². The first-order valence-electron chi connectivity index (χ1n) is 6.96. The molecule has 0 aromatic heterocycles. The molecule has 128 valence electrons. The Morgan fingerprint density at radius 1 is 1.17 bits per heavy atom. The zero-order chi connectivity index (χ0) is 17.9. The van der Waals surface area contributed by atoms with E-state index in [0.29, 0.717) is 11.4 Å². The molecule has 6 nitrogen and oxygen atoms in total. The Labute approximate surface area is 149 Å². The van der Waals surface area contributed by atoms with Crippen LogP contribution >= 0.6 is 23.2 Å². The molecule has 0 radical (unpaired) electrons. The molecule has 0 fully saturated rings. The van der Waals surface area contributed by atoms with Gasteiger partial charge in [0.15, 0.2) is 0 Å². The molecule has 1 atom stereocenters. The Kier molecular flexibility index (Phi) is 5.82. The number of benzene rings is 2. The van der Waals surface area contributed by atoms with Crippen LogP contribution in [0.5, 0.6) is 0 Å². The van der Waals surface area contributed by atoms with Gasteiger partial charge in [0.2, 0.25) is 10.0 Å². The van der Waals surface area contributed by atoms with Crippen molar-refractivity contribution in [3.05, 3.63) is 68.2 Å². The first-order chi connectivity index (χ1) is 11.2. The molecule has 24 heavy (non-hydrogen) atoms. The van der Waals surface area contributed by atoms with Gasteiger partial charge in [0.05, 0.1) is 9.82 Å². The minimum absolute atomic E-state index is 0.122. The van der Waals surface area contributed by atoms with E-state index in [1.54, 1.807) is 24.3 Å². The first-order valence-corrected chi connectivity index (χ1v) is 9.20. The van der Waals surface area contributed by atoms with Gasteiger partial charge >= 0.3 is 0 Å². The maximum absolute atomic E-state index is 12.5. The molecule has 0 aliphatic carbocycles. The van der Waals surface area contributed by atoms with Crippen molar-refractivity contribution in [2.24, 2.45) is 0 Å². The Morgan fingerprint density at radius 3 is 2.33 bits per heavy atom. The maximum atomic E-state index is 12.5. The van der Waals surface area contributed by atoms with E-state index in [1.165, 1.54) is 12.1 Å². The lowest BCUT2D eigenvalue weighted by Gasteiger charge is -2.17. The minimum Gasteiger partial charge on any atom is -0.258 e. The predicted molar refractivity (Wildman–Crippen MR) is 92.9 cm³/mol. The molecule has 2 aromatic rings. The highest BCUT2D eigenvalue weighted by atomic mass is 35.5. The summed E-state index contributed by atoms with van der Waals surface area (Å²) in [6.07, 6.45) is 0.497. The topological polar surface area (TPSA) is 89.3 Å². The molecule has 0 aliphatic heterocycles. The molecule has 0 amide bonds. The summed E-state index contributed by atoms with van der Waals surface area (Å²) in [7, 11) is -3.95. The standard InChI is InChI=1S/C15H14Cl2N2O4S/c1-2-14(10-3-5-11(16)6-4-10)18-24(22,23)12-7-8-13(17)15(9-12)19(20)21/h3-9,14,18H,2H2,1H3. The number of nitro benzene ring substituents is 1. The molecular formula is C15H14Cl2N2O4S. The first kappa shape index (κ1) is 18.7. The zero-order valence-corrected chi connectivity index (χ0v) is 14.9. The van der Waals surface area contributed by atoms with Crippen LogP contribution in [0.3, 0.4) is 0 Å². The zero-order valence-electron chi connectivity index (χ0n) is 12.6. The fourth-order valence-corrected chi connectivity index (χ4v) is 3.78. The quantitative estimate of drug-likeness (QED) is 0.588. The third kappa shape index (κ3) is 4.24. The van der Waals surface area contributed by atoms with Gasteiger partial charge in [0.1, 0.15) is 5.02 Å². The summed E-state index contributed by atoms with van der Waals surface area (Å²) in [6.45, 7) is 1.83. The number of hydrogen-bond donors (Lipinski definition) is 1. The number of nitro groups is 1. The summed E-state index contributed by atoms with van der Waals surface area (Å²) in [5.74, 6) is 0. The molecule has 1 N–H and O–H groups in total. The number of sulfonamides is 1. The Hall–Kier alpha value is -1.67. The monoisotopic (exact) mass is 388 g/mol. The summed E-state index contributed by atoms with van der Waals surface area (Å²) in [5, 5.41) is 11.4. The Bertz CT molecular complexity index is 854. The van der Waals surface area contributed by atoms with Crippen LogP contribution in [0.1, 0.15) is 24.9 Å². The van der Waals surface area contributed by atoms with Crippen molar-refractivity contribution >= 4 is 38.9 Å². The van der Waals surface area contributed by atoms with E-state index in [1.807, 2.05) is 6.92 Å². The van der Waals surface area contributed by atoms with Gasteiger partial charge in [-0.2, -0.15) is 0 Å². The summed E-state index contributed by atoms with van der Waals surface area (Å²) >= 11 is 11.6. The van der Waals surface area contributed by atoms with Gasteiger partial charge in [-0.3, -0.25) is 10.1 Å². The second kappa shape index (κ2) is 7.48. The highest BCUT2D eigenvalue weighted by molar-refractivity contribution is 7.89. The van der Waals surface area contributed by atoms with Crippen molar-refractivity contribution in [1.82, 2.24) is 4.72 Å². The summed E-state index contributed by atoms with van der Waals surface area (Å²) in [6, 6.07) is 9.67. The van der Waals surface area contributed by atoms with E-state index < -0.39 is 26.7 Å². The second-order valence-electron chi connectivity index (χ2n) is 5.00. The second-order valence-corrected chi connectivity index (χ2v) is 7.56. The molecule has 0 bridgehead atoms. The SMILES string of the molecule is CCC(NS(=O)(=O)c1ccc(Cl)c([N+](=O)[O-])c1)c1ccc(Cl)cc1. The number of hydrogen-bond acceptors (Lipinski definition) is 4. The van der Waals surface area contributed by atoms with Crippen LogP contribution in [0, 0.1) is 10.1 Å². The fourth-order valence-electron chi connectivity index (χ4n) is 2.14. The van der Waals surface area contributed by atoms with E-state index in [4.69, 9.17) is 23.2 Å². The number of rotatable bonds is 6. The minimum atomic E-state index is -3.95. The van der Waals surface area contributed by atoms with E-state index in [0.717, 1.165) is 11.6 Å². The fraction of sp³-hybridized carbons (Fsp3) is 0.200. The van der Waals surface area contributed by atoms with Gasteiger partial charge in [-0.05, 0) is 36.2 Å². The molecule has 2 rings (SSSR count). The van der Waals surface area contributed by atoms with Crippen molar-refractivity contribution in [3.8, 4) is 0 Å². The average molecular weight is 389 g/mol. The van der Waals surface area contributed by atoms with Crippen LogP contribution in [0.2, 0.25) is 10.0 Å². The van der Waals surface area contributed by atoms with E-state index in [9.17, 15) is 18.5 Å². The lowest BCUT2D eigenvalue weighted by molar-refractivity contribution is -0.384. The van der Waals surface area contributed by atoms with Gasteiger partial charge in [0.25, 0.3) is 5.69 Å². The molecule has 0 heterocycles. The number of nitrogens with zero attached hydrogens (tertiary/aromatic N) is 1.